The number of nitrogens with zero attached hydrogens (tertiary/aromatic N) is 1. The van der Waals surface area contributed by atoms with Gasteiger partial charge in [0.05, 0.1) is 5.69 Å². The second-order valence-electron chi connectivity index (χ2n) is 4.11. The quantitative estimate of drug-likeness (QED) is 0.901. The molecule has 82 valence electrons. The topological polar surface area (TPSA) is 37.8 Å². The Kier molecular flexibility index (Phi) is 2.24. The molecule has 4 heteroatoms. The van der Waals surface area contributed by atoms with Crippen molar-refractivity contribution in [1.82, 2.24) is 9.78 Å². The molecule has 2 aromatic rings. The number of benzene rings is 1. The number of rotatable bonds is 2. The van der Waals surface area contributed by atoms with Crippen LogP contribution in [0.1, 0.15) is 24.5 Å². The van der Waals surface area contributed by atoms with Crippen molar-refractivity contribution in [2.45, 2.75) is 18.8 Å². The maximum absolute atomic E-state index is 11.8. The standard InChI is InChI=1S/C12H11BrN2O/c13-9-3-1-2-4-11(9)15-12(16)7-10(14-15)8-5-6-8/h1-4,7-8,14H,5-6H2. The minimum atomic E-state index is 0.00815. The zero-order valence-corrected chi connectivity index (χ0v) is 10.2. The lowest BCUT2D eigenvalue weighted by molar-refractivity contribution is 0.813. The summed E-state index contributed by atoms with van der Waals surface area (Å²) in [5, 5.41) is 3.17. The minimum absolute atomic E-state index is 0.00815. The van der Waals surface area contributed by atoms with E-state index >= 15 is 0 Å². The summed E-state index contributed by atoms with van der Waals surface area (Å²) in [6, 6.07) is 9.41. The highest BCUT2D eigenvalue weighted by atomic mass is 79.9. The Hall–Kier alpha value is -1.29. The SMILES string of the molecule is O=c1cc(C2CC2)[nH]n1-c1ccccc1Br. The molecule has 1 N–H and O–H groups in total. The van der Waals surface area contributed by atoms with Crippen LogP contribution >= 0.6 is 15.9 Å². The van der Waals surface area contributed by atoms with E-state index in [9.17, 15) is 4.79 Å². The molecule has 0 unspecified atom stereocenters. The molecule has 0 spiro atoms. The van der Waals surface area contributed by atoms with Crippen LogP contribution < -0.4 is 5.56 Å². The molecule has 0 radical (unpaired) electrons. The molecular formula is C12H11BrN2O. The molecule has 3 rings (SSSR count). The van der Waals surface area contributed by atoms with Crippen LogP contribution in [0.25, 0.3) is 5.69 Å². The van der Waals surface area contributed by atoms with Crippen molar-refractivity contribution >= 4 is 15.9 Å². The predicted molar refractivity (Wildman–Crippen MR) is 66.1 cm³/mol. The Morgan fingerprint density at radius 1 is 1.31 bits per heavy atom. The molecule has 1 aliphatic rings. The number of halogens is 1. The van der Waals surface area contributed by atoms with E-state index in [1.807, 2.05) is 24.3 Å². The van der Waals surface area contributed by atoms with Crippen molar-refractivity contribution in [1.29, 1.82) is 0 Å². The molecule has 0 saturated heterocycles. The van der Waals surface area contributed by atoms with E-state index in [0.29, 0.717) is 5.92 Å². The molecule has 1 aliphatic carbocycles. The predicted octanol–water partition coefficient (Wildman–Crippen LogP) is 2.81. The van der Waals surface area contributed by atoms with Crippen LogP contribution in [0, 0.1) is 0 Å². The van der Waals surface area contributed by atoms with Gasteiger partial charge in [0.2, 0.25) is 0 Å². The van der Waals surface area contributed by atoms with Gasteiger partial charge in [-0.2, -0.15) is 0 Å². The second-order valence-corrected chi connectivity index (χ2v) is 4.97. The van der Waals surface area contributed by atoms with Gasteiger partial charge in [0.15, 0.2) is 0 Å². The van der Waals surface area contributed by atoms with Crippen molar-refractivity contribution < 1.29 is 0 Å². The van der Waals surface area contributed by atoms with Gasteiger partial charge in [0.25, 0.3) is 5.56 Å². The number of aromatic nitrogens is 2. The summed E-state index contributed by atoms with van der Waals surface area (Å²) in [5.74, 6) is 0.566. The van der Waals surface area contributed by atoms with Gasteiger partial charge in [-0.25, -0.2) is 4.68 Å². The van der Waals surface area contributed by atoms with Crippen LogP contribution in [0.4, 0.5) is 0 Å². The molecule has 0 amide bonds. The fourth-order valence-corrected chi connectivity index (χ4v) is 2.29. The van der Waals surface area contributed by atoms with Crippen LogP contribution in [-0.4, -0.2) is 9.78 Å². The van der Waals surface area contributed by atoms with Crippen LogP contribution in [0.5, 0.6) is 0 Å². The number of H-pyrrole nitrogens is 1. The Labute approximate surface area is 101 Å². The first-order valence-corrected chi connectivity index (χ1v) is 6.12. The van der Waals surface area contributed by atoms with Gasteiger partial charge in [-0.15, -0.1) is 0 Å². The van der Waals surface area contributed by atoms with Crippen molar-refractivity contribution in [2.24, 2.45) is 0 Å². The summed E-state index contributed by atoms with van der Waals surface area (Å²) in [6.45, 7) is 0. The monoisotopic (exact) mass is 278 g/mol. The first-order valence-electron chi connectivity index (χ1n) is 5.32. The van der Waals surface area contributed by atoms with Gasteiger partial charge < -0.3 is 0 Å². The Morgan fingerprint density at radius 2 is 2.06 bits per heavy atom. The summed E-state index contributed by atoms with van der Waals surface area (Å²) in [6.07, 6.45) is 2.38. The minimum Gasteiger partial charge on any atom is -0.295 e. The summed E-state index contributed by atoms with van der Waals surface area (Å²) >= 11 is 3.45. The molecule has 0 aliphatic heterocycles. The molecule has 1 heterocycles. The Balaban J connectivity index is 2.12. The zero-order chi connectivity index (χ0) is 11.1. The van der Waals surface area contributed by atoms with Crippen LogP contribution in [0.15, 0.2) is 39.6 Å². The highest BCUT2D eigenvalue weighted by molar-refractivity contribution is 9.10. The summed E-state index contributed by atoms with van der Waals surface area (Å²) < 4.78 is 2.51. The average Bonchev–Trinajstić information content (AvgIpc) is 3.04. The maximum Gasteiger partial charge on any atom is 0.271 e. The molecule has 0 atom stereocenters. The fourth-order valence-electron chi connectivity index (χ4n) is 1.83. The van der Waals surface area contributed by atoms with Crippen LogP contribution in [0.2, 0.25) is 0 Å². The maximum atomic E-state index is 11.8. The largest absolute Gasteiger partial charge is 0.295 e. The lowest BCUT2D eigenvalue weighted by Gasteiger charge is -2.04. The van der Waals surface area contributed by atoms with Gasteiger partial charge in [-0.1, -0.05) is 12.1 Å². The van der Waals surface area contributed by atoms with Crippen molar-refractivity contribution in [3.05, 3.63) is 50.9 Å². The fraction of sp³-hybridized carbons (Fsp3) is 0.250. The molecule has 1 aromatic carbocycles. The normalized spacial score (nSPS) is 15.3. The summed E-state index contributed by atoms with van der Waals surface area (Å²) in [4.78, 5) is 11.8. The number of aromatic amines is 1. The number of hydrogen-bond donors (Lipinski definition) is 1. The van der Waals surface area contributed by atoms with Crippen molar-refractivity contribution in [3.63, 3.8) is 0 Å². The van der Waals surface area contributed by atoms with E-state index in [-0.39, 0.29) is 5.56 Å². The number of para-hydroxylation sites is 1. The number of nitrogens with one attached hydrogen (secondary N) is 1. The summed E-state index contributed by atoms with van der Waals surface area (Å²) in [7, 11) is 0. The van der Waals surface area contributed by atoms with E-state index < -0.39 is 0 Å². The highest BCUT2D eigenvalue weighted by Gasteiger charge is 2.26. The van der Waals surface area contributed by atoms with E-state index in [4.69, 9.17) is 0 Å². The number of hydrogen-bond acceptors (Lipinski definition) is 1. The Bertz CT molecular complexity index is 581. The molecular weight excluding hydrogens is 268 g/mol. The van der Waals surface area contributed by atoms with E-state index in [0.717, 1.165) is 15.9 Å². The average molecular weight is 279 g/mol. The lowest BCUT2D eigenvalue weighted by atomic mass is 10.3. The third-order valence-corrected chi connectivity index (χ3v) is 3.52. The van der Waals surface area contributed by atoms with Crippen molar-refractivity contribution in [3.8, 4) is 5.69 Å². The zero-order valence-electron chi connectivity index (χ0n) is 8.61. The van der Waals surface area contributed by atoms with Gasteiger partial charge in [0, 0.05) is 22.2 Å². The van der Waals surface area contributed by atoms with E-state index in [1.165, 1.54) is 12.8 Å². The van der Waals surface area contributed by atoms with E-state index in [2.05, 4.69) is 21.0 Å². The second kappa shape index (κ2) is 3.63. The third kappa shape index (κ3) is 1.63. The molecule has 16 heavy (non-hydrogen) atoms. The molecule has 0 bridgehead atoms. The van der Waals surface area contributed by atoms with Gasteiger partial charge in [-0.05, 0) is 40.9 Å². The lowest BCUT2D eigenvalue weighted by Crippen LogP contribution is -2.13. The van der Waals surface area contributed by atoms with Crippen molar-refractivity contribution in [2.75, 3.05) is 0 Å². The molecule has 1 fully saturated rings. The van der Waals surface area contributed by atoms with Gasteiger partial charge in [0.1, 0.15) is 0 Å². The molecule has 1 aromatic heterocycles. The smallest absolute Gasteiger partial charge is 0.271 e. The molecule has 1 saturated carbocycles. The van der Waals surface area contributed by atoms with Gasteiger partial charge in [-0.3, -0.25) is 9.89 Å². The highest BCUT2D eigenvalue weighted by Crippen LogP contribution is 2.38. The van der Waals surface area contributed by atoms with Crippen LogP contribution in [-0.2, 0) is 0 Å². The Morgan fingerprint density at radius 3 is 2.75 bits per heavy atom. The summed E-state index contributed by atoms with van der Waals surface area (Å²) in [5.41, 5.74) is 1.92. The van der Waals surface area contributed by atoms with E-state index in [1.54, 1.807) is 10.7 Å². The molecule has 3 nitrogen and oxygen atoms in total. The van der Waals surface area contributed by atoms with Crippen LogP contribution in [0.3, 0.4) is 0 Å². The van der Waals surface area contributed by atoms with Gasteiger partial charge >= 0.3 is 0 Å². The first kappa shape index (κ1) is 9.90. The first-order chi connectivity index (χ1) is 7.75. The third-order valence-electron chi connectivity index (χ3n) is 2.85.